The molecule has 2 N–H and O–H groups in total. The van der Waals surface area contributed by atoms with Gasteiger partial charge in [-0.3, -0.25) is 9.52 Å². The Morgan fingerprint density at radius 1 is 1.03 bits per heavy atom. The second kappa shape index (κ2) is 10.2. The monoisotopic (exact) mass is 420 g/mol. The summed E-state index contributed by atoms with van der Waals surface area (Å²) in [6.07, 6.45) is 2.35. The van der Waals surface area contributed by atoms with Gasteiger partial charge in [0.1, 0.15) is 16.4 Å². The van der Waals surface area contributed by atoms with Gasteiger partial charge in [0.15, 0.2) is 0 Å². The maximum Gasteiger partial charge on any atom is 0.265 e. The minimum Gasteiger partial charge on any atom is -0.497 e. The van der Waals surface area contributed by atoms with Crippen LogP contribution in [0.15, 0.2) is 47.4 Å². The minimum absolute atomic E-state index is 0.0600. The number of carbonyl (C=O) groups excluding carboxylic acids is 1. The van der Waals surface area contributed by atoms with Crippen molar-refractivity contribution in [1.82, 2.24) is 0 Å². The standard InChI is InChI=1S/C21H28N2O5S/c1-5-6-15(2)13-21(24)22-17-9-12-19(28-4)20(14-17)29(25,26)23-16-7-10-18(27-3)11-8-16/h7-12,14-15,23H,5-6,13H2,1-4H3,(H,22,24). The van der Waals surface area contributed by atoms with E-state index in [1.807, 2.05) is 6.92 Å². The summed E-state index contributed by atoms with van der Waals surface area (Å²) in [5, 5.41) is 2.77. The molecule has 8 heteroatoms. The smallest absolute Gasteiger partial charge is 0.265 e. The molecule has 0 aromatic heterocycles. The molecule has 1 atom stereocenters. The lowest BCUT2D eigenvalue weighted by Crippen LogP contribution is -2.17. The molecule has 158 valence electrons. The largest absolute Gasteiger partial charge is 0.497 e. The van der Waals surface area contributed by atoms with Crippen LogP contribution < -0.4 is 19.5 Å². The molecule has 1 amide bonds. The SMILES string of the molecule is CCCC(C)CC(=O)Nc1ccc(OC)c(S(=O)(=O)Nc2ccc(OC)cc2)c1. The number of methoxy groups -OCH3 is 2. The zero-order valence-corrected chi connectivity index (χ0v) is 18.0. The highest BCUT2D eigenvalue weighted by atomic mass is 32.2. The van der Waals surface area contributed by atoms with Crippen molar-refractivity contribution in [3.05, 3.63) is 42.5 Å². The molecule has 0 spiro atoms. The highest BCUT2D eigenvalue weighted by Crippen LogP contribution is 2.29. The molecule has 7 nitrogen and oxygen atoms in total. The van der Waals surface area contributed by atoms with Gasteiger partial charge in [0.2, 0.25) is 5.91 Å². The van der Waals surface area contributed by atoms with E-state index in [0.29, 0.717) is 23.5 Å². The van der Waals surface area contributed by atoms with Gasteiger partial charge in [0.05, 0.1) is 14.2 Å². The van der Waals surface area contributed by atoms with Crippen molar-refractivity contribution in [2.75, 3.05) is 24.3 Å². The van der Waals surface area contributed by atoms with Crippen molar-refractivity contribution in [2.45, 2.75) is 38.0 Å². The molecule has 2 aromatic carbocycles. The molecule has 0 aliphatic heterocycles. The van der Waals surface area contributed by atoms with Crippen LogP contribution in [0.3, 0.4) is 0 Å². The maximum absolute atomic E-state index is 12.9. The van der Waals surface area contributed by atoms with Gasteiger partial charge in [-0.1, -0.05) is 26.7 Å². The summed E-state index contributed by atoms with van der Waals surface area (Å²) < 4.78 is 38.6. The van der Waals surface area contributed by atoms with Crippen LogP contribution in [0.25, 0.3) is 0 Å². The second-order valence-corrected chi connectivity index (χ2v) is 8.50. The van der Waals surface area contributed by atoms with Gasteiger partial charge in [0, 0.05) is 17.8 Å². The topological polar surface area (TPSA) is 93.7 Å². The van der Waals surface area contributed by atoms with E-state index in [0.717, 1.165) is 12.8 Å². The van der Waals surface area contributed by atoms with E-state index in [4.69, 9.17) is 9.47 Å². The Balaban J connectivity index is 2.23. The number of hydrogen-bond acceptors (Lipinski definition) is 5. The third kappa shape index (κ3) is 6.39. The van der Waals surface area contributed by atoms with Gasteiger partial charge < -0.3 is 14.8 Å². The highest BCUT2D eigenvalue weighted by Gasteiger charge is 2.21. The van der Waals surface area contributed by atoms with E-state index >= 15 is 0 Å². The molecule has 29 heavy (non-hydrogen) atoms. The van der Waals surface area contributed by atoms with Crippen molar-refractivity contribution in [3.8, 4) is 11.5 Å². The van der Waals surface area contributed by atoms with Crippen molar-refractivity contribution >= 4 is 27.3 Å². The summed E-state index contributed by atoms with van der Waals surface area (Å²) in [5.41, 5.74) is 0.783. The van der Waals surface area contributed by atoms with Crippen LogP contribution in [-0.4, -0.2) is 28.5 Å². The van der Waals surface area contributed by atoms with Crippen LogP contribution in [0.1, 0.15) is 33.1 Å². The van der Waals surface area contributed by atoms with Crippen LogP contribution >= 0.6 is 0 Å². The Morgan fingerprint density at radius 3 is 2.28 bits per heavy atom. The summed E-state index contributed by atoms with van der Waals surface area (Å²) in [5.74, 6) is 0.914. The van der Waals surface area contributed by atoms with Crippen LogP contribution in [0.4, 0.5) is 11.4 Å². The molecule has 2 aromatic rings. The molecule has 0 radical (unpaired) electrons. The van der Waals surface area contributed by atoms with E-state index in [1.54, 1.807) is 30.3 Å². The number of benzene rings is 2. The first-order chi connectivity index (χ1) is 13.8. The second-order valence-electron chi connectivity index (χ2n) is 6.85. The summed E-state index contributed by atoms with van der Waals surface area (Å²) in [7, 11) is -1.00. The van der Waals surface area contributed by atoms with Gasteiger partial charge in [-0.05, 0) is 48.4 Å². The predicted octanol–water partition coefficient (Wildman–Crippen LogP) is 4.27. The first-order valence-electron chi connectivity index (χ1n) is 9.43. The first kappa shape index (κ1) is 22.5. The molecular formula is C21H28N2O5S. The van der Waals surface area contributed by atoms with Gasteiger partial charge in [0.25, 0.3) is 10.0 Å². The van der Waals surface area contributed by atoms with E-state index in [9.17, 15) is 13.2 Å². The third-order valence-corrected chi connectivity index (χ3v) is 5.80. The number of nitrogens with one attached hydrogen (secondary N) is 2. The van der Waals surface area contributed by atoms with E-state index in [-0.39, 0.29) is 22.5 Å². The molecular weight excluding hydrogens is 392 g/mol. The first-order valence-corrected chi connectivity index (χ1v) is 10.9. The van der Waals surface area contributed by atoms with Gasteiger partial charge >= 0.3 is 0 Å². The van der Waals surface area contributed by atoms with E-state index < -0.39 is 10.0 Å². The van der Waals surface area contributed by atoms with Gasteiger partial charge in [-0.15, -0.1) is 0 Å². The van der Waals surface area contributed by atoms with E-state index in [2.05, 4.69) is 17.0 Å². The summed E-state index contributed by atoms with van der Waals surface area (Å²) in [6, 6.07) is 11.0. The molecule has 0 saturated heterocycles. The predicted molar refractivity (Wildman–Crippen MR) is 114 cm³/mol. The third-order valence-electron chi connectivity index (χ3n) is 4.39. The number of carbonyl (C=O) groups is 1. The Kier molecular flexibility index (Phi) is 7.90. The lowest BCUT2D eigenvalue weighted by molar-refractivity contribution is -0.117. The molecule has 0 saturated carbocycles. The molecule has 1 unspecified atom stereocenters. The van der Waals surface area contributed by atoms with Crippen LogP contribution in [-0.2, 0) is 14.8 Å². The fourth-order valence-corrected chi connectivity index (χ4v) is 4.21. The van der Waals surface area contributed by atoms with Gasteiger partial charge in [-0.2, -0.15) is 0 Å². The number of rotatable bonds is 10. The fourth-order valence-electron chi connectivity index (χ4n) is 2.96. The molecule has 2 rings (SSSR count). The molecule has 0 bridgehead atoms. The van der Waals surface area contributed by atoms with E-state index in [1.165, 1.54) is 26.4 Å². The van der Waals surface area contributed by atoms with Crippen LogP contribution in [0.2, 0.25) is 0 Å². The Bertz CT molecular complexity index is 927. The minimum atomic E-state index is -3.93. The zero-order valence-electron chi connectivity index (χ0n) is 17.2. The average molecular weight is 421 g/mol. The Morgan fingerprint density at radius 2 is 1.69 bits per heavy atom. The molecule has 0 aliphatic rings. The summed E-state index contributed by atoms with van der Waals surface area (Å²) >= 11 is 0. The van der Waals surface area contributed by atoms with Crippen molar-refractivity contribution in [1.29, 1.82) is 0 Å². The fraction of sp³-hybridized carbons (Fsp3) is 0.381. The summed E-state index contributed by atoms with van der Waals surface area (Å²) in [4.78, 5) is 12.2. The molecule has 0 fully saturated rings. The Labute approximate surface area is 172 Å². The van der Waals surface area contributed by atoms with Crippen molar-refractivity contribution in [3.63, 3.8) is 0 Å². The number of hydrogen-bond donors (Lipinski definition) is 2. The van der Waals surface area contributed by atoms with Crippen molar-refractivity contribution in [2.24, 2.45) is 5.92 Å². The average Bonchev–Trinajstić information content (AvgIpc) is 2.68. The number of anilines is 2. The molecule has 0 aliphatic carbocycles. The van der Waals surface area contributed by atoms with Crippen molar-refractivity contribution < 1.29 is 22.7 Å². The van der Waals surface area contributed by atoms with Crippen LogP contribution in [0, 0.1) is 5.92 Å². The molecule has 0 heterocycles. The highest BCUT2D eigenvalue weighted by molar-refractivity contribution is 7.92. The number of amides is 1. The summed E-state index contributed by atoms with van der Waals surface area (Å²) in [6.45, 7) is 4.09. The quantitative estimate of drug-likeness (QED) is 0.599. The van der Waals surface area contributed by atoms with Gasteiger partial charge in [-0.25, -0.2) is 8.42 Å². The lowest BCUT2D eigenvalue weighted by Gasteiger charge is -2.15. The lowest BCUT2D eigenvalue weighted by atomic mass is 10.0. The number of sulfonamides is 1. The normalized spacial score (nSPS) is 12.1. The number of ether oxygens (including phenoxy) is 2. The van der Waals surface area contributed by atoms with Crippen LogP contribution in [0.5, 0.6) is 11.5 Å². The zero-order chi connectivity index (χ0) is 21.4. The maximum atomic E-state index is 12.9. The Hall–Kier alpha value is -2.74.